The molecule has 0 spiro atoms. The number of halogens is 1. The number of hydrazone groups is 1. The lowest BCUT2D eigenvalue weighted by Gasteiger charge is -2.17. The second-order valence-electron chi connectivity index (χ2n) is 6.09. The Morgan fingerprint density at radius 1 is 1.11 bits per heavy atom. The molecular formula is C22H21BrN2O3. The summed E-state index contributed by atoms with van der Waals surface area (Å²) in [6.45, 7) is 1.89. The van der Waals surface area contributed by atoms with Gasteiger partial charge in [-0.2, -0.15) is 5.10 Å². The highest BCUT2D eigenvalue weighted by Crippen LogP contribution is 2.33. The van der Waals surface area contributed by atoms with Gasteiger partial charge in [0.25, 0.3) is 5.91 Å². The number of carbonyl (C=O) groups is 1. The molecule has 0 aliphatic heterocycles. The van der Waals surface area contributed by atoms with Crippen LogP contribution >= 0.6 is 15.9 Å². The van der Waals surface area contributed by atoms with Gasteiger partial charge in [0.05, 0.1) is 17.8 Å². The van der Waals surface area contributed by atoms with Crippen LogP contribution in [-0.2, 0) is 4.79 Å². The highest BCUT2D eigenvalue weighted by Gasteiger charge is 2.19. The fourth-order valence-corrected chi connectivity index (χ4v) is 3.38. The summed E-state index contributed by atoms with van der Waals surface area (Å²) in [5.74, 6) is 0.993. The summed E-state index contributed by atoms with van der Waals surface area (Å²) in [5, 5.41) is 6.17. The zero-order valence-electron chi connectivity index (χ0n) is 15.7. The summed E-state index contributed by atoms with van der Waals surface area (Å²) in [5.41, 5.74) is 3.32. The number of ether oxygens (including phenoxy) is 2. The number of methoxy groups -OCH3 is 1. The van der Waals surface area contributed by atoms with Crippen molar-refractivity contribution in [1.82, 2.24) is 5.43 Å². The Bertz CT molecular complexity index is 1000. The van der Waals surface area contributed by atoms with Crippen molar-refractivity contribution in [2.45, 2.75) is 19.4 Å². The number of para-hydroxylation sites is 1. The normalized spacial score (nSPS) is 12.1. The maximum atomic E-state index is 12.5. The van der Waals surface area contributed by atoms with Crippen molar-refractivity contribution in [2.75, 3.05) is 7.11 Å². The molecule has 5 nitrogen and oxygen atoms in total. The third-order valence-corrected chi connectivity index (χ3v) is 5.10. The number of carbonyl (C=O) groups excluding carboxylic acids is 1. The van der Waals surface area contributed by atoms with Crippen molar-refractivity contribution >= 4 is 38.8 Å². The lowest BCUT2D eigenvalue weighted by atomic mass is 10.1. The average molecular weight is 441 g/mol. The second-order valence-corrected chi connectivity index (χ2v) is 6.88. The molecule has 144 valence electrons. The Balaban J connectivity index is 1.70. The van der Waals surface area contributed by atoms with E-state index in [9.17, 15) is 4.79 Å². The summed E-state index contributed by atoms with van der Waals surface area (Å²) in [4.78, 5) is 12.5. The van der Waals surface area contributed by atoms with Crippen LogP contribution in [-0.4, -0.2) is 25.3 Å². The van der Waals surface area contributed by atoms with Gasteiger partial charge < -0.3 is 9.47 Å². The Labute approximate surface area is 172 Å². The standard InChI is InChI=1S/C22H21BrN2O3/c1-3-18(22(26)25-24-14-16-9-5-7-11-19(16)27-2)28-20-13-12-15-8-4-6-10-17(15)21(20)23/h4-14,18H,3H2,1-2H3,(H,25,26). The minimum atomic E-state index is -0.660. The van der Waals surface area contributed by atoms with Crippen molar-refractivity contribution in [1.29, 1.82) is 0 Å². The van der Waals surface area contributed by atoms with Crippen LogP contribution in [0.25, 0.3) is 10.8 Å². The molecule has 6 heteroatoms. The zero-order chi connectivity index (χ0) is 19.9. The van der Waals surface area contributed by atoms with Gasteiger partial charge in [-0.25, -0.2) is 5.43 Å². The van der Waals surface area contributed by atoms with Crippen LogP contribution in [0.3, 0.4) is 0 Å². The van der Waals surface area contributed by atoms with E-state index in [0.29, 0.717) is 17.9 Å². The molecule has 0 saturated heterocycles. The van der Waals surface area contributed by atoms with Crippen LogP contribution < -0.4 is 14.9 Å². The Kier molecular flexibility index (Phi) is 6.66. The van der Waals surface area contributed by atoms with E-state index in [-0.39, 0.29) is 5.91 Å². The number of amides is 1. The predicted octanol–water partition coefficient (Wildman–Crippen LogP) is 4.92. The van der Waals surface area contributed by atoms with E-state index < -0.39 is 6.10 Å². The highest BCUT2D eigenvalue weighted by molar-refractivity contribution is 9.10. The van der Waals surface area contributed by atoms with E-state index in [4.69, 9.17) is 9.47 Å². The maximum absolute atomic E-state index is 12.5. The third-order valence-electron chi connectivity index (χ3n) is 4.28. The average Bonchev–Trinajstić information content (AvgIpc) is 2.73. The number of nitrogens with zero attached hydrogens (tertiary/aromatic N) is 1. The summed E-state index contributed by atoms with van der Waals surface area (Å²) in [6.07, 6.45) is 1.40. The molecule has 3 aromatic rings. The van der Waals surface area contributed by atoms with Crippen LogP contribution in [0.2, 0.25) is 0 Å². The van der Waals surface area contributed by atoms with E-state index >= 15 is 0 Å². The van der Waals surface area contributed by atoms with Gasteiger partial charge >= 0.3 is 0 Å². The number of hydrogen-bond acceptors (Lipinski definition) is 4. The van der Waals surface area contributed by atoms with Gasteiger partial charge in [-0.15, -0.1) is 0 Å². The molecule has 0 aliphatic carbocycles. The van der Waals surface area contributed by atoms with Crippen LogP contribution in [0.4, 0.5) is 0 Å². The Morgan fingerprint density at radius 2 is 1.86 bits per heavy atom. The van der Waals surface area contributed by atoms with Crippen LogP contribution in [0.5, 0.6) is 11.5 Å². The number of rotatable bonds is 7. The summed E-state index contributed by atoms with van der Waals surface area (Å²) in [6, 6.07) is 19.3. The molecule has 0 radical (unpaired) electrons. The van der Waals surface area contributed by atoms with E-state index in [1.165, 1.54) is 0 Å². The fraction of sp³-hybridized carbons (Fsp3) is 0.182. The third kappa shape index (κ3) is 4.51. The van der Waals surface area contributed by atoms with Crippen molar-refractivity contribution in [3.05, 3.63) is 70.7 Å². The number of benzene rings is 3. The van der Waals surface area contributed by atoms with Gasteiger partial charge in [0, 0.05) is 5.56 Å². The van der Waals surface area contributed by atoms with Gasteiger partial charge in [-0.3, -0.25) is 4.79 Å². The first-order valence-electron chi connectivity index (χ1n) is 8.94. The van der Waals surface area contributed by atoms with Crippen molar-refractivity contribution in [2.24, 2.45) is 5.10 Å². The van der Waals surface area contributed by atoms with Crippen LogP contribution in [0.15, 0.2) is 70.2 Å². The molecule has 0 aliphatic rings. The van der Waals surface area contributed by atoms with Crippen molar-refractivity contribution < 1.29 is 14.3 Å². The molecule has 28 heavy (non-hydrogen) atoms. The van der Waals surface area contributed by atoms with E-state index in [2.05, 4.69) is 26.5 Å². The number of fused-ring (bicyclic) bond motifs is 1. The smallest absolute Gasteiger partial charge is 0.281 e. The minimum Gasteiger partial charge on any atom is -0.496 e. The molecule has 3 aromatic carbocycles. The second kappa shape index (κ2) is 9.37. The molecule has 1 unspecified atom stereocenters. The van der Waals surface area contributed by atoms with Gasteiger partial charge in [-0.1, -0.05) is 49.4 Å². The first-order valence-corrected chi connectivity index (χ1v) is 9.73. The number of hydrogen-bond donors (Lipinski definition) is 1. The van der Waals surface area contributed by atoms with Crippen molar-refractivity contribution in [3.8, 4) is 11.5 Å². The minimum absolute atomic E-state index is 0.311. The largest absolute Gasteiger partial charge is 0.496 e. The SMILES string of the molecule is CCC(Oc1ccc2ccccc2c1Br)C(=O)NN=Cc1ccccc1OC. The molecule has 0 fully saturated rings. The summed E-state index contributed by atoms with van der Waals surface area (Å²) in [7, 11) is 1.59. The topological polar surface area (TPSA) is 59.9 Å². The number of nitrogens with one attached hydrogen (secondary N) is 1. The lowest BCUT2D eigenvalue weighted by molar-refractivity contribution is -0.128. The highest BCUT2D eigenvalue weighted by atomic mass is 79.9. The van der Waals surface area contributed by atoms with Crippen molar-refractivity contribution in [3.63, 3.8) is 0 Å². The Morgan fingerprint density at radius 3 is 2.64 bits per heavy atom. The van der Waals surface area contributed by atoms with E-state index in [1.807, 2.05) is 67.6 Å². The maximum Gasteiger partial charge on any atom is 0.281 e. The molecule has 1 amide bonds. The lowest BCUT2D eigenvalue weighted by Crippen LogP contribution is -2.35. The molecule has 0 aromatic heterocycles. The van der Waals surface area contributed by atoms with Crippen LogP contribution in [0, 0.1) is 0 Å². The molecular weight excluding hydrogens is 420 g/mol. The zero-order valence-corrected chi connectivity index (χ0v) is 17.3. The first-order chi connectivity index (χ1) is 13.6. The molecule has 1 atom stereocenters. The van der Waals surface area contributed by atoms with E-state index in [1.54, 1.807) is 13.3 Å². The van der Waals surface area contributed by atoms with Crippen LogP contribution in [0.1, 0.15) is 18.9 Å². The van der Waals surface area contributed by atoms with Gasteiger partial charge in [0.15, 0.2) is 6.10 Å². The molecule has 0 bridgehead atoms. The predicted molar refractivity (Wildman–Crippen MR) is 115 cm³/mol. The monoisotopic (exact) mass is 440 g/mol. The molecule has 3 rings (SSSR count). The molecule has 0 heterocycles. The van der Waals surface area contributed by atoms with Gasteiger partial charge in [0.2, 0.25) is 0 Å². The first kappa shape index (κ1) is 19.9. The van der Waals surface area contributed by atoms with Gasteiger partial charge in [-0.05, 0) is 51.3 Å². The summed E-state index contributed by atoms with van der Waals surface area (Å²) < 4.78 is 12.0. The molecule has 1 N–H and O–H groups in total. The summed E-state index contributed by atoms with van der Waals surface area (Å²) >= 11 is 3.59. The fourth-order valence-electron chi connectivity index (χ4n) is 2.79. The van der Waals surface area contributed by atoms with E-state index in [0.717, 1.165) is 20.8 Å². The Hall–Kier alpha value is -2.86. The molecule has 0 saturated carbocycles. The van der Waals surface area contributed by atoms with Gasteiger partial charge in [0.1, 0.15) is 11.5 Å². The quantitative estimate of drug-likeness (QED) is 0.418.